The van der Waals surface area contributed by atoms with E-state index in [9.17, 15) is 14.7 Å². The summed E-state index contributed by atoms with van der Waals surface area (Å²) in [6, 6.07) is 16.3. The van der Waals surface area contributed by atoms with Crippen LogP contribution in [-0.4, -0.2) is 21.8 Å². The number of Topliss-reactive ketones (excluding diaryl/α,β-unsaturated/α-hetero) is 1. The highest BCUT2D eigenvalue weighted by atomic mass is 16.3. The van der Waals surface area contributed by atoms with E-state index in [2.05, 4.69) is 4.98 Å². The number of amides is 1. The van der Waals surface area contributed by atoms with Crippen LogP contribution in [0.25, 0.3) is 0 Å². The van der Waals surface area contributed by atoms with Gasteiger partial charge < -0.3 is 9.52 Å². The van der Waals surface area contributed by atoms with Crippen molar-refractivity contribution in [3.63, 3.8) is 0 Å². The van der Waals surface area contributed by atoms with Crippen molar-refractivity contribution >= 4 is 17.4 Å². The van der Waals surface area contributed by atoms with Crippen molar-refractivity contribution in [1.29, 1.82) is 0 Å². The molecule has 2 aromatic heterocycles. The van der Waals surface area contributed by atoms with Gasteiger partial charge in [0.2, 0.25) is 5.78 Å². The molecule has 0 saturated carbocycles. The average molecular weight is 346 g/mol. The van der Waals surface area contributed by atoms with Crippen LogP contribution in [0.2, 0.25) is 0 Å². The fourth-order valence-corrected chi connectivity index (χ4v) is 3.05. The van der Waals surface area contributed by atoms with Gasteiger partial charge in [-0.15, -0.1) is 0 Å². The number of carbonyl (C=O) groups is 2. The lowest BCUT2D eigenvalue weighted by atomic mass is 9.98. The number of nitrogens with zero attached hydrogens (tertiary/aromatic N) is 2. The zero-order chi connectivity index (χ0) is 18.1. The Morgan fingerprint density at radius 2 is 1.81 bits per heavy atom. The van der Waals surface area contributed by atoms with Gasteiger partial charge in [0, 0.05) is 11.9 Å². The maximum Gasteiger partial charge on any atom is 0.294 e. The molecule has 0 aliphatic carbocycles. The minimum atomic E-state index is -0.844. The number of rotatable bonds is 4. The van der Waals surface area contributed by atoms with Gasteiger partial charge in [-0.25, -0.2) is 0 Å². The Morgan fingerprint density at radius 3 is 2.46 bits per heavy atom. The maximum atomic E-state index is 12.9. The molecule has 0 radical (unpaired) electrons. The molecule has 6 heteroatoms. The molecule has 0 bridgehead atoms. The van der Waals surface area contributed by atoms with E-state index in [-0.39, 0.29) is 11.3 Å². The number of pyridine rings is 1. The Kier molecular flexibility index (Phi) is 3.85. The van der Waals surface area contributed by atoms with Crippen LogP contribution in [0.4, 0.5) is 5.69 Å². The van der Waals surface area contributed by atoms with Crippen molar-refractivity contribution in [2.75, 3.05) is 4.90 Å². The summed E-state index contributed by atoms with van der Waals surface area (Å²) < 4.78 is 5.17. The normalized spacial score (nSPS) is 17.0. The molecule has 1 N–H and O–H groups in total. The van der Waals surface area contributed by atoms with E-state index in [0.29, 0.717) is 11.4 Å². The molecule has 26 heavy (non-hydrogen) atoms. The van der Waals surface area contributed by atoms with Crippen LogP contribution < -0.4 is 4.90 Å². The lowest BCUT2D eigenvalue weighted by Crippen LogP contribution is -2.31. The number of hydrogen-bond donors (Lipinski definition) is 1. The first kappa shape index (κ1) is 15.8. The van der Waals surface area contributed by atoms with Crippen molar-refractivity contribution in [3.05, 3.63) is 95.9 Å². The van der Waals surface area contributed by atoms with Gasteiger partial charge in [-0.05, 0) is 36.4 Å². The van der Waals surface area contributed by atoms with Gasteiger partial charge in [0.15, 0.2) is 11.5 Å². The average Bonchev–Trinajstić information content (AvgIpc) is 3.31. The molecule has 0 fully saturated rings. The lowest BCUT2D eigenvalue weighted by molar-refractivity contribution is -0.117. The van der Waals surface area contributed by atoms with Gasteiger partial charge >= 0.3 is 0 Å². The van der Waals surface area contributed by atoms with Gasteiger partial charge in [0.25, 0.3) is 5.91 Å². The highest BCUT2D eigenvalue weighted by molar-refractivity contribution is 6.20. The Hall–Kier alpha value is -3.67. The van der Waals surface area contributed by atoms with Crippen molar-refractivity contribution in [3.8, 4) is 0 Å². The molecule has 0 saturated heterocycles. The zero-order valence-electron chi connectivity index (χ0n) is 13.6. The second kappa shape index (κ2) is 6.33. The van der Waals surface area contributed by atoms with Gasteiger partial charge in [0.05, 0.1) is 17.5 Å². The molecule has 1 unspecified atom stereocenters. The molecular weight excluding hydrogens is 332 g/mol. The fraction of sp³-hybridized carbons (Fsp3) is 0.0500. The third-order valence-electron chi connectivity index (χ3n) is 4.20. The lowest BCUT2D eigenvalue weighted by Gasteiger charge is -2.25. The number of aromatic nitrogens is 1. The predicted molar refractivity (Wildman–Crippen MR) is 93.6 cm³/mol. The van der Waals surface area contributed by atoms with Crippen LogP contribution in [0, 0.1) is 0 Å². The van der Waals surface area contributed by atoms with Crippen LogP contribution in [0.3, 0.4) is 0 Å². The van der Waals surface area contributed by atoms with Gasteiger partial charge in [-0.2, -0.15) is 0 Å². The largest absolute Gasteiger partial charge is 0.503 e. The number of carbonyl (C=O) groups excluding carboxylic acids is 2. The minimum absolute atomic E-state index is 0.0486. The van der Waals surface area contributed by atoms with E-state index in [4.69, 9.17) is 4.42 Å². The summed E-state index contributed by atoms with van der Waals surface area (Å²) in [5, 5.41) is 10.5. The van der Waals surface area contributed by atoms with Crippen molar-refractivity contribution in [1.82, 2.24) is 4.98 Å². The predicted octanol–water partition coefficient (Wildman–Crippen LogP) is 3.46. The smallest absolute Gasteiger partial charge is 0.294 e. The zero-order valence-corrected chi connectivity index (χ0v) is 13.6. The van der Waals surface area contributed by atoms with E-state index >= 15 is 0 Å². The second-order valence-electron chi connectivity index (χ2n) is 5.74. The molecule has 1 amide bonds. The third-order valence-corrected chi connectivity index (χ3v) is 4.20. The summed E-state index contributed by atoms with van der Waals surface area (Å²) in [5.74, 6) is -1.74. The number of furan rings is 1. The van der Waals surface area contributed by atoms with Crippen LogP contribution in [-0.2, 0) is 4.79 Å². The highest BCUT2D eigenvalue weighted by Crippen LogP contribution is 2.41. The van der Waals surface area contributed by atoms with E-state index in [0.717, 1.165) is 0 Å². The summed E-state index contributed by atoms with van der Waals surface area (Å²) >= 11 is 0. The Balaban J connectivity index is 1.88. The van der Waals surface area contributed by atoms with Crippen LogP contribution in [0.1, 0.15) is 22.3 Å². The van der Waals surface area contributed by atoms with Crippen molar-refractivity contribution < 1.29 is 19.1 Å². The molecule has 3 heterocycles. The standard InChI is InChI=1S/C20H14N2O4/c23-18(15-10-6-12-26-15)16-17(14-9-4-5-11-21-14)22(20(25)19(16)24)13-7-2-1-3-8-13/h1-12,17,24H. The van der Waals surface area contributed by atoms with Gasteiger partial charge in [-0.1, -0.05) is 24.3 Å². The molecule has 1 atom stereocenters. The summed E-state index contributed by atoms with van der Waals surface area (Å²) in [4.78, 5) is 31.4. The minimum Gasteiger partial charge on any atom is -0.503 e. The summed E-state index contributed by atoms with van der Waals surface area (Å²) in [5.41, 5.74) is 0.984. The first-order chi connectivity index (χ1) is 12.7. The molecule has 4 rings (SSSR count). The molecule has 1 aromatic carbocycles. The number of ketones is 1. The SMILES string of the molecule is O=C(C1=C(O)C(=O)N(c2ccccc2)C1c1ccccn1)c1ccco1. The quantitative estimate of drug-likeness (QED) is 0.732. The number of aliphatic hydroxyl groups is 1. The van der Waals surface area contributed by atoms with Crippen LogP contribution >= 0.6 is 0 Å². The maximum absolute atomic E-state index is 12.9. The van der Waals surface area contributed by atoms with Crippen LogP contribution in [0.15, 0.2) is 88.9 Å². The number of anilines is 1. The van der Waals surface area contributed by atoms with E-state index in [1.807, 2.05) is 6.07 Å². The molecule has 3 aromatic rings. The van der Waals surface area contributed by atoms with E-state index < -0.39 is 23.5 Å². The first-order valence-electron chi connectivity index (χ1n) is 7.99. The molecule has 1 aliphatic heterocycles. The van der Waals surface area contributed by atoms with Crippen LogP contribution in [0.5, 0.6) is 0 Å². The molecule has 128 valence electrons. The number of aliphatic hydroxyl groups excluding tert-OH is 1. The van der Waals surface area contributed by atoms with Crippen molar-refractivity contribution in [2.45, 2.75) is 6.04 Å². The Morgan fingerprint density at radius 1 is 1.04 bits per heavy atom. The fourth-order valence-electron chi connectivity index (χ4n) is 3.05. The first-order valence-corrected chi connectivity index (χ1v) is 7.99. The van der Waals surface area contributed by atoms with Gasteiger partial charge in [-0.3, -0.25) is 19.5 Å². The Labute approximate surface area is 149 Å². The highest BCUT2D eigenvalue weighted by Gasteiger charge is 2.45. The second-order valence-corrected chi connectivity index (χ2v) is 5.74. The Bertz CT molecular complexity index is 979. The van der Waals surface area contributed by atoms with E-state index in [1.54, 1.807) is 54.7 Å². The summed E-state index contributed by atoms with van der Waals surface area (Å²) in [6.07, 6.45) is 2.94. The van der Waals surface area contributed by atoms with E-state index in [1.165, 1.54) is 17.2 Å². The number of hydrogen-bond acceptors (Lipinski definition) is 5. The summed E-state index contributed by atoms with van der Waals surface area (Å²) in [6.45, 7) is 0. The molecule has 0 spiro atoms. The summed E-state index contributed by atoms with van der Waals surface area (Å²) in [7, 11) is 0. The van der Waals surface area contributed by atoms with Gasteiger partial charge in [0.1, 0.15) is 6.04 Å². The molecular formula is C20H14N2O4. The van der Waals surface area contributed by atoms with Crippen molar-refractivity contribution in [2.24, 2.45) is 0 Å². The topological polar surface area (TPSA) is 83.6 Å². The molecule has 6 nitrogen and oxygen atoms in total. The number of benzene rings is 1. The monoisotopic (exact) mass is 346 g/mol. The molecule has 1 aliphatic rings. The third kappa shape index (κ3) is 2.48. The number of para-hydroxylation sites is 1.